The van der Waals surface area contributed by atoms with Gasteiger partial charge in [-0.2, -0.15) is 0 Å². The summed E-state index contributed by atoms with van der Waals surface area (Å²) in [6.45, 7) is 5.82. The third kappa shape index (κ3) is 3.56. The minimum absolute atomic E-state index is 0.0334. The molecule has 2 amide bonds. The van der Waals surface area contributed by atoms with Gasteiger partial charge in [-0.3, -0.25) is 9.59 Å². The van der Waals surface area contributed by atoms with Crippen LogP contribution in [0.15, 0.2) is 16.9 Å². The zero-order valence-corrected chi connectivity index (χ0v) is 11.5. The van der Waals surface area contributed by atoms with Gasteiger partial charge in [-0.05, 0) is 33.6 Å². The van der Waals surface area contributed by atoms with E-state index in [2.05, 4.69) is 15.0 Å². The zero-order valence-electron chi connectivity index (χ0n) is 11.5. The van der Waals surface area contributed by atoms with Crippen molar-refractivity contribution in [2.45, 2.75) is 39.2 Å². The van der Waals surface area contributed by atoms with E-state index in [0.717, 1.165) is 12.8 Å². The summed E-state index contributed by atoms with van der Waals surface area (Å²) in [6.07, 6.45) is 3.24. The van der Waals surface area contributed by atoms with Crippen molar-refractivity contribution in [3.8, 4) is 0 Å². The molecule has 1 aliphatic carbocycles. The molecule has 0 unspecified atom stereocenters. The number of hydrogen-bond acceptors (Lipinski definition) is 4. The van der Waals surface area contributed by atoms with Gasteiger partial charge >= 0.3 is 0 Å². The third-order valence-corrected chi connectivity index (χ3v) is 3.01. The van der Waals surface area contributed by atoms with Crippen molar-refractivity contribution < 1.29 is 14.1 Å². The van der Waals surface area contributed by atoms with Crippen molar-refractivity contribution in [2.24, 2.45) is 5.92 Å². The summed E-state index contributed by atoms with van der Waals surface area (Å²) in [5.74, 6) is 0.248. The minimum atomic E-state index is -0.374. The molecule has 2 rings (SSSR count). The Morgan fingerprint density at radius 3 is 2.63 bits per heavy atom. The molecule has 0 bridgehead atoms. The largest absolute Gasteiger partial charge is 0.363 e. The number of rotatable bonds is 4. The number of carbonyl (C=O) groups excluding carboxylic acids is 2. The van der Waals surface area contributed by atoms with Crippen molar-refractivity contribution in [1.29, 1.82) is 0 Å². The molecule has 1 aromatic heterocycles. The van der Waals surface area contributed by atoms with Crippen molar-refractivity contribution in [2.75, 3.05) is 11.9 Å². The van der Waals surface area contributed by atoms with E-state index in [0.29, 0.717) is 5.82 Å². The first-order valence-corrected chi connectivity index (χ1v) is 6.39. The van der Waals surface area contributed by atoms with Crippen LogP contribution in [0, 0.1) is 5.92 Å². The number of hydrogen-bond donors (Lipinski definition) is 1. The van der Waals surface area contributed by atoms with Gasteiger partial charge in [-0.25, -0.2) is 0 Å². The highest BCUT2D eigenvalue weighted by molar-refractivity contribution is 5.94. The summed E-state index contributed by atoms with van der Waals surface area (Å²) >= 11 is 0. The van der Waals surface area contributed by atoms with Crippen LogP contribution in [0.3, 0.4) is 0 Å². The minimum Gasteiger partial charge on any atom is -0.363 e. The normalized spacial score (nSPS) is 15.1. The molecule has 1 fully saturated rings. The van der Waals surface area contributed by atoms with E-state index in [-0.39, 0.29) is 29.8 Å². The molecule has 1 heterocycles. The second kappa shape index (κ2) is 5.03. The van der Waals surface area contributed by atoms with Crippen molar-refractivity contribution in [3.63, 3.8) is 0 Å². The summed E-state index contributed by atoms with van der Waals surface area (Å²) in [6, 6.07) is 1.56. The first-order chi connectivity index (χ1) is 8.88. The van der Waals surface area contributed by atoms with Gasteiger partial charge in [0.1, 0.15) is 12.8 Å². The Kier molecular flexibility index (Phi) is 3.59. The maximum atomic E-state index is 12.2. The van der Waals surface area contributed by atoms with E-state index in [1.165, 1.54) is 6.26 Å². The molecule has 0 atom stereocenters. The van der Waals surface area contributed by atoms with Gasteiger partial charge in [0.15, 0.2) is 5.82 Å². The van der Waals surface area contributed by atoms with Crippen LogP contribution in [0.5, 0.6) is 0 Å². The van der Waals surface area contributed by atoms with Crippen LogP contribution in [0.25, 0.3) is 0 Å². The monoisotopic (exact) mass is 265 g/mol. The van der Waals surface area contributed by atoms with Gasteiger partial charge in [0.05, 0.1) is 0 Å². The second-order valence-corrected chi connectivity index (χ2v) is 5.80. The highest BCUT2D eigenvalue weighted by Crippen LogP contribution is 2.33. The Bertz CT molecular complexity index is 458. The summed E-state index contributed by atoms with van der Waals surface area (Å²) in [5.41, 5.74) is -0.374. The van der Waals surface area contributed by atoms with Gasteiger partial charge in [-0.15, -0.1) is 0 Å². The predicted molar refractivity (Wildman–Crippen MR) is 69.3 cm³/mol. The van der Waals surface area contributed by atoms with Crippen molar-refractivity contribution >= 4 is 17.6 Å². The quantitative estimate of drug-likeness (QED) is 0.898. The van der Waals surface area contributed by atoms with Crippen molar-refractivity contribution in [1.82, 2.24) is 10.1 Å². The van der Waals surface area contributed by atoms with E-state index in [9.17, 15) is 9.59 Å². The topological polar surface area (TPSA) is 75.4 Å². The molecule has 19 heavy (non-hydrogen) atoms. The smallest absolute Gasteiger partial charge is 0.245 e. The number of nitrogens with zero attached hydrogens (tertiary/aromatic N) is 2. The molecule has 6 heteroatoms. The number of anilines is 1. The number of aromatic nitrogens is 1. The van der Waals surface area contributed by atoms with Crippen LogP contribution in [-0.2, 0) is 9.59 Å². The molecular weight excluding hydrogens is 246 g/mol. The van der Waals surface area contributed by atoms with Crippen LogP contribution < -0.4 is 5.32 Å². The van der Waals surface area contributed by atoms with E-state index < -0.39 is 0 Å². The van der Waals surface area contributed by atoms with Crippen LogP contribution in [0.1, 0.15) is 33.6 Å². The fourth-order valence-corrected chi connectivity index (χ4v) is 1.80. The Morgan fingerprint density at radius 2 is 2.16 bits per heavy atom. The average molecular weight is 265 g/mol. The lowest BCUT2D eigenvalue weighted by molar-refractivity contribution is -0.140. The van der Waals surface area contributed by atoms with Gasteiger partial charge < -0.3 is 14.7 Å². The Labute approximate surface area is 112 Å². The van der Waals surface area contributed by atoms with Crippen LogP contribution >= 0.6 is 0 Å². The maximum Gasteiger partial charge on any atom is 0.245 e. The lowest BCUT2D eigenvalue weighted by atomic mass is 10.0. The molecule has 1 saturated carbocycles. The molecule has 104 valence electrons. The molecule has 1 aliphatic rings. The first kappa shape index (κ1) is 13.6. The van der Waals surface area contributed by atoms with Gasteiger partial charge in [-0.1, -0.05) is 5.16 Å². The molecular formula is C13H19N3O3. The Morgan fingerprint density at radius 1 is 1.47 bits per heavy atom. The van der Waals surface area contributed by atoms with E-state index in [4.69, 9.17) is 0 Å². The van der Waals surface area contributed by atoms with Crippen LogP contribution in [0.4, 0.5) is 5.82 Å². The maximum absolute atomic E-state index is 12.2. The molecule has 1 N–H and O–H groups in total. The van der Waals surface area contributed by atoms with E-state index in [1.807, 2.05) is 20.8 Å². The molecule has 0 radical (unpaired) electrons. The molecule has 0 saturated heterocycles. The van der Waals surface area contributed by atoms with Crippen LogP contribution in [-0.4, -0.2) is 34.0 Å². The van der Waals surface area contributed by atoms with Gasteiger partial charge in [0.2, 0.25) is 11.8 Å². The number of carbonyl (C=O) groups is 2. The summed E-state index contributed by atoms with van der Waals surface area (Å²) in [5, 5.41) is 6.21. The summed E-state index contributed by atoms with van der Waals surface area (Å²) < 4.78 is 4.64. The average Bonchev–Trinajstić information content (AvgIpc) is 3.04. The lowest BCUT2D eigenvalue weighted by Crippen LogP contribution is -2.50. The molecule has 0 spiro atoms. The van der Waals surface area contributed by atoms with E-state index >= 15 is 0 Å². The highest BCUT2D eigenvalue weighted by atomic mass is 16.5. The molecule has 6 nitrogen and oxygen atoms in total. The molecule has 0 aliphatic heterocycles. The van der Waals surface area contributed by atoms with Gasteiger partial charge in [0, 0.05) is 17.5 Å². The number of amides is 2. The van der Waals surface area contributed by atoms with E-state index in [1.54, 1.807) is 11.0 Å². The summed E-state index contributed by atoms with van der Waals surface area (Å²) in [4.78, 5) is 25.8. The standard InChI is InChI=1S/C13H19N3O3/c1-13(2,3)16(12(18)9-4-5-9)8-11(17)14-10-6-7-19-15-10/h6-7,9H,4-5,8H2,1-3H3,(H,14,15,17). The van der Waals surface area contributed by atoms with Crippen LogP contribution in [0.2, 0.25) is 0 Å². The fourth-order valence-electron chi connectivity index (χ4n) is 1.80. The lowest BCUT2D eigenvalue weighted by Gasteiger charge is -2.35. The highest BCUT2D eigenvalue weighted by Gasteiger charge is 2.38. The third-order valence-electron chi connectivity index (χ3n) is 3.01. The second-order valence-electron chi connectivity index (χ2n) is 5.80. The SMILES string of the molecule is CC(C)(C)N(CC(=O)Nc1ccon1)C(=O)C1CC1. The zero-order chi connectivity index (χ0) is 14.0. The van der Waals surface area contributed by atoms with Gasteiger partial charge in [0.25, 0.3) is 0 Å². The van der Waals surface area contributed by atoms with Crippen molar-refractivity contribution in [3.05, 3.63) is 12.3 Å². The Hall–Kier alpha value is -1.85. The molecule has 1 aromatic rings. The fraction of sp³-hybridized carbons (Fsp3) is 0.615. The summed E-state index contributed by atoms with van der Waals surface area (Å²) in [7, 11) is 0. The molecule has 0 aromatic carbocycles. The number of nitrogens with one attached hydrogen (secondary N) is 1. The first-order valence-electron chi connectivity index (χ1n) is 6.39. The Balaban J connectivity index is 1.99. The predicted octanol–water partition coefficient (Wildman–Crippen LogP) is 1.65.